The number of phenols is 1. The van der Waals surface area contributed by atoms with Gasteiger partial charge in [0.05, 0.1) is 18.9 Å². The Balaban J connectivity index is 1.75. The maximum Gasteiger partial charge on any atom is 0.231 e. The third kappa shape index (κ3) is 2.65. The minimum absolute atomic E-state index is 0.107. The van der Waals surface area contributed by atoms with Crippen LogP contribution in [0.1, 0.15) is 31.2 Å². The first-order chi connectivity index (χ1) is 14.8. The summed E-state index contributed by atoms with van der Waals surface area (Å²) in [6, 6.07) is 5.03. The summed E-state index contributed by atoms with van der Waals surface area (Å²) in [6.45, 7) is 1.60. The molecule has 4 unspecified atom stereocenters. The Morgan fingerprint density at radius 2 is 1.87 bits per heavy atom. The molecule has 1 saturated heterocycles. The number of phenolic OH excluding ortho intramolecular Hbond substituents is 1. The second kappa shape index (κ2) is 6.77. The first-order valence-corrected chi connectivity index (χ1v) is 10.2. The molecule has 4 atom stereocenters. The van der Waals surface area contributed by atoms with E-state index in [9.17, 15) is 24.3 Å². The molecule has 0 aromatic heterocycles. The number of allylic oxidation sites excluding steroid dienone is 6. The molecule has 3 aliphatic carbocycles. The maximum atomic E-state index is 13.2. The minimum Gasteiger partial charge on any atom is -0.504 e. The standard InChI is InChI=1S/C24H21NO6/c1-10-8-16(26)15-9-14-11(6-7-13-19(14)24(30)25-23(13)29)18(20(15)21(10)27)12-4-3-5-17(31-2)22(12)28/h3-6,8,13-14,18-19,28H,7,9H2,1-2H3,(H,25,29,30). The molecule has 0 bridgehead atoms. The van der Waals surface area contributed by atoms with Gasteiger partial charge in [-0.1, -0.05) is 23.8 Å². The molecule has 1 fully saturated rings. The number of rotatable bonds is 2. The summed E-state index contributed by atoms with van der Waals surface area (Å²) < 4.78 is 5.26. The SMILES string of the molecule is COc1cccc(C2C3=CCC4C(=O)NC(=O)C4C3CC3=C2C(=O)C(C)=CC3=O)c1O. The Morgan fingerprint density at radius 1 is 1.10 bits per heavy atom. The predicted octanol–water partition coefficient (Wildman–Crippen LogP) is 2.12. The van der Waals surface area contributed by atoms with E-state index in [0.717, 1.165) is 5.57 Å². The van der Waals surface area contributed by atoms with Crippen LogP contribution in [0.3, 0.4) is 0 Å². The van der Waals surface area contributed by atoms with Gasteiger partial charge in [-0.2, -0.15) is 0 Å². The summed E-state index contributed by atoms with van der Waals surface area (Å²) >= 11 is 0. The molecule has 1 aromatic rings. The topological polar surface area (TPSA) is 110 Å². The van der Waals surface area contributed by atoms with Crippen LogP contribution in [0.15, 0.2) is 52.6 Å². The van der Waals surface area contributed by atoms with Gasteiger partial charge in [0.2, 0.25) is 11.8 Å². The average molecular weight is 419 g/mol. The summed E-state index contributed by atoms with van der Waals surface area (Å²) in [4.78, 5) is 51.0. The van der Waals surface area contributed by atoms with Gasteiger partial charge < -0.3 is 9.84 Å². The second-order valence-corrected chi connectivity index (χ2v) is 8.48. The molecule has 0 saturated carbocycles. The number of carbonyl (C=O) groups is 4. The lowest BCUT2D eigenvalue weighted by atomic mass is 9.59. The van der Waals surface area contributed by atoms with Gasteiger partial charge in [-0.15, -0.1) is 0 Å². The van der Waals surface area contributed by atoms with Crippen molar-refractivity contribution in [1.29, 1.82) is 0 Å². The van der Waals surface area contributed by atoms with Crippen LogP contribution in [0.25, 0.3) is 0 Å². The van der Waals surface area contributed by atoms with Crippen molar-refractivity contribution < 1.29 is 29.0 Å². The monoisotopic (exact) mass is 419 g/mol. The van der Waals surface area contributed by atoms with Crippen molar-refractivity contribution in [1.82, 2.24) is 5.32 Å². The van der Waals surface area contributed by atoms with Gasteiger partial charge >= 0.3 is 0 Å². The molecular formula is C24H21NO6. The van der Waals surface area contributed by atoms with Gasteiger partial charge in [-0.3, -0.25) is 24.5 Å². The van der Waals surface area contributed by atoms with E-state index in [1.165, 1.54) is 13.2 Å². The molecule has 1 aromatic carbocycles. The average Bonchev–Trinajstić information content (AvgIpc) is 3.05. The number of aromatic hydroxyl groups is 1. The molecular weight excluding hydrogens is 398 g/mol. The van der Waals surface area contributed by atoms with Crippen LogP contribution >= 0.6 is 0 Å². The fourth-order valence-electron chi connectivity index (χ4n) is 5.56. The Morgan fingerprint density at radius 3 is 2.61 bits per heavy atom. The molecule has 5 rings (SSSR count). The third-order valence-electron chi connectivity index (χ3n) is 6.97. The van der Waals surface area contributed by atoms with Crippen LogP contribution in [0.2, 0.25) is 0 Å². The number of carbonyl (C=O) groups excluding carboxylic acids is 4. The molecule has 4 aliphatic rings. The van der Waals surface area contributed by atoms with Crippen LogP contribution in [0.5, 0.6) is 11.5 Å². The third-order valence-corrected chi connectivity index (χ3v) is 6.97. The normalized spacial score (nSPS) is 29.6. The highest BCUT2D eigenvalue weighted by atomic mass is 16.5. The quantitative estimate of drug-likeness (QED) is 0.432. The van der Waals surface area contributed by atoms with Gasteiger partial charge in [0.1, 0.15) is 0 Å². The van der Waals surface area contributed by atoms with E-state index in [1.807, 2.05) is 6.08 Å². The number of methoxy groups -OCH3 is 1. The number of hydrogen-bond acceptors (Lipinski definition) is 6. The number of ketones is 2. The van der Waals surface area contributed by atoms with E-state index < -0.39 is 23.7 Å². The number of nitrogens with one attached hydrogen (secondary N) is 1. The van der Waals surface area contributed by atoms with Gasteiger partial charge in [0, 0.05) is 28.2 Å². The smallest absolute Gasteiger partial charge is 0.231 e. The van der Waals surface area contributed by atoms with Crippen molar-refractivity contribution in [3.05, 3.63) is 58.2 Å². The zero-order valence-corrected chi connectivity index (χ0v) is 17.1. The van der Waals surface area contributed by atoms with Crippen LogP contribution in [0, 0.1) is 17.8 Å². The number of benzene rings is 1. The molecule has 158 valence electrons. The van der Waals surface area contributed by atoms with Crippen LogP contribution in [-0.4, -0.2) is 35.6 Å². The summed E-state index contributed by atoms with van der Waals surface area (Å²) in [6.07, 6.45) is 3.83. The van der Waals surface area contributed by atoms with Crippen molar-refractivity contribution in [2.24, 2.45) is 17.8 Å². The number of imide groups is 1. The summed E-state index contributed by atoms with van der Waals surface area (Å²) in [5.74, 6) is -3.15. The molecule has 2 amide bonds. The largest absolute Gasteiger partial charge is 0.504 e. The zero-order valence-electron chi connectivity index (χ0n) is 17.1. The summed E-state index contributed by atoms with van der Waals surface area (Å²) in [7, 11) is 1.44. The predicted molar refractivity (Wildman–Crippen MR) is 109 cm³/mol. The highest BCUT2D eigenvalue weighted by Crippen LogP contribution is 2.55. The first kappa shape index (κ1) is 19.5. The van der Waals surface area contributed by atoms with Gasteiger partial charge in [0.25, 0.3) is 0 Å². The van der Waals surface area contributed by atoms with E-state index in [4.69, 9.17) is 4.74 Å². The summed E-state index contributed by atoms with van der Waals surface area (Å²) in [5, 5.41) is 13.3. The van der Waals surface area contributed by atoms with Gasteiger partial charge in [0.15, 0.2) is 23.1 Å². The highest BCUT2D eigenvalue weighted by Gasteiger charge is 2.53. The fourth-order valence-corrected chi connectivity index (χ4v) is 5.56. The van der Waals surface area contributed by atoms with Gasteiger partial charge in [-0.25, -0.2) is 0 Å². The van der Waals surface area contributed by atoms with Crippen molar-refractivity contribution in [2.75, 3.05) is 7.11 Å². The second-order valence-electron chi connectivity index (χ2n) is 8.48. The maximum absolute atomic E-state index is 13.2. The van der Waals surface area contributed by atoms with E-state index >= 15 is 0 Å². The van der Waals surface area contributed by atoms with Crippen molar-refractivity contribution >= 4 is 23.4 Å². The molecule has 0 radical (unpaired) electrons. The number of Topliss-reactive ketones (excluding diaryl/α,β-unsaturated/α-hetero) is 1. The molecule has 7 heteroatoms. The Bertz CT molecular complexity index is 1170. The lowest BCUT2D eigenvalue weighted by Gasteiger charge is -2.42. The Hall–Kier alpha value is -3.48. The van der Waals surface area contributed by atoms with Crippen molar-refractivity contribution in [3.8, 4) is 11.5 Å². The van der Waals surface area contributed by atoms with Crippen LogP contribution in [-0.2, 0) is 19.2 Å². The molecule has 1 aliphatic heterocycles. The van der Waals surface area contributed by atoms with Crippen LogP contribution in [0.4, 0.5) is 0 Å². The Labute approximate surface area is 178 Å². The lowest BCUT2D eigenvalue weighted by molar-refractivity contribution is -0.126. The molecule has 7 nitrogen and oxygen atoms in total. The number of para-hydroxylation sites is 1. The first-order valence-electron chi connectivity index (χ1n) is 10.2. The number of amides is 2. The minimum atomic E-state index is -0.687. The van der Waals surface area contributed by atoms with E-state index in [0.29, 0.717) is 28.7 Å². The van der Waals surface area contributed by atoms with Crippen molar-refractivity contribution in [2.45, 2.75) is 25.7 Å². The molecule has 0 spiro atoms. The van der Waals surface area contributed by atoms with E-state index in [2.05, 4.69) is 5.32 Å². The number of fused-ring (bicyclic) bond motifs is 3. The van der Waals surface area contributed by atoms with Gasteiger partial charge in [-0.05, 0) is 37.8 Å². The van der Waals surface area contributed by atoms with Crippen molar-refractivity contribution in [3.63, 3.8) is 0 Å². The summed E-state index contributed by atoms with van der Waals surface area (Å²) in [5.41, 5.74) is 2.29. The zero-order chi connectivity index (χ0) is 22.0. The molecule has 1 heterocycles. The number of hydrogen-bond donors (Lipinski definition) is 2. The fraction of sp³-hybridized carbons (Fsp3) is 0.333. The molecule has 2 N–H and O–H groups in total. The van der Waals surface area contributed by atoms with Crippen LogP contribution < -0.4 is 10.1 Å². The van der Waals surface area contributed by atoms with E-state index in [1.54, 1.807) is 25.1 Å². The van der Waals surface area contributed by atoms with E-state index in [-0.39, 0.29) is 41.3 Å². The molecule has 31 heavy (non-hydrogen) atoms. The number of ether oxygens (including phenoxy) is 1. The lowest BCUT2D eigenvalue weighted by Crippen LogP contribution is -2.39. The highest BCUT2D eigenvalue weighted by molar-refractivity contribution is 6.24. The Kier molecular flexibility index (Phi) is 4.25.